The van der Waals surface area contributed by atoms with Crippen molar-refractivity contribution in [2.24, 2.45) is 0 Å². The molecule has 0 heterocycles. The summed E-state index contributed by atoms with van der Waals surface area (Å²) >= 11 is 6.75. The smallest absolute Gasteiger partial charge is 0.254 e. The maximum Gasteiger partial charge on any atom is 0.254 e. The summed E-state index contributed by atoms with van der Waals surface area (Å²) in [4.78, 5) is 13.7. The van der Waals surface area contributed by atoms with E-state index in [1.165, 1.54) is 0 Å². The second-order valence-corrected chi connectivity index (χ2v) is 5.22. The Labute approximate surface area is 125 Å². The zero-order valence-electron chi connectivity index (χ0n) is 9.67. The lowest BCUT2D eigenvalue weighted by Crippen LogP contribution is -2.32. The van der Waals surface area contributed by atoms with Gasteiger partial charge in [0.1, 0.15) is 0 Å². The lowest BCUT2D eigenvalue weighted by molar-refractivity contribution is 0.0796. The first-order valence-electron chi connectivity index (χ1n) is 4.91. The van der Waals surface area contributed by atoms with E-state index in [0.717, 1.165) is 15.5 Å². The van der Waals surface area contributed by atoms with Crippen LogP contribution < -0.4 is 5.32 Å². The standard InChI is InChI=1S/C11H14Br2N2O.ClH/c1-14-5-6-15(2)11(16)9-4-3-8(12)7-10(9)13;/h3-4,7,14H,5-6H2,1-2H3;1H. The molecule has 0 aliphatic heterocycles. The Morgan fingerprint density at radius 1 is 1.41 bits per heavy atom. The lowest BCUT2D eigenvalue weighted by Gasteiger charge is -2.17. The van der Waals surface area contributed by atoms with E-state index in [9.17, 15) is 4.79 Å². The van der Waals surface area contributed by atoms with Gasteiger partial charge in [0.05, 0.1) is 5.56 Å². The van der Waals surface area contributed by atoms with E-state index in [1.54, 1.807) is 11.9 Å². The third kappa shape index (κ3) is 4.95. The summed E-state index contributed by atoms with van der Waals surface area (Å²) in [5.74, 6) is 0.0228. The van der Waals surface area contributed by atoms with Gasteiger partial charge >= 0.3 is 0 Å². The molecule has 1 rings (SSSR count). The molecule has 0 radical (unpaired) electrons. The van der Waals surface area contributed by atoms with Crippen molar-refractivity contribution in [2.45, 2.75) is 0 Å². The van der Waals surface area contributed by atoms with Crippen molar-refractivity contribution >= 4 is 50.2 Å². The Balaban J connectivity index is 0.00000256. The van der Waals surface area contributed by atoms with Crippen LogP contribution in [-0.4, -0.2) is 38.0 Å². The van der Waals surface area contributed by atoms with E-state index >= 15 is 0 Å². The molecule has 1 aromatic carbocycles. The second-order valence-electron chi connectivity index (χ2n) is 3.45. The van der Waals surface area contributed by atoms with Crippen LogP contribution in [0.2, 0.25) is 0 Å². The molecule has 6 heteroatoms. The number of carbonyl (C=O) groups excluding carboxylic acids is 1. The van der Waals surface area contributed by atoms with E-state index in [2.05, 4.69) is 37.2 Å². The highest BCUT2D eigenvalue weighted by molar-refractivity contribution is 9.11. The summed E-state index contributed by atoms with van der Waals surface area (Å²) in [5, 5.41) is 3.02. The maximum absolute atomic E-state index is 12.0. The summed E-state index contributed by atoms with van der Waals surface area (Å²) in [6, 6.07) is 5.55. The molecule has 0 aromatic heterocycles. The third-order valence-corrected chi connectivity index (χ3v) is 3.35. The van der Waals surface area contributed by atoms with Gasteiger partial charge in [-0.15, -0.1) is 12.4 Å². The summed E-state index contributed by atoms with van der Waals surface area (Å²) < 4.78 is 1.76. The van der Waals surface area contributed by atoms with E-state index in [4.69, 9.17) is 0 Å². The Morgan fingerprint density at radius 3 is 2.59 bits per heavy atom. The van der Waals surface area contributed by atoms with Crippen LogP contribution >= 0.6 is 44.3 Å². The van der Waals surface area contributed by atoms with Gasteiger partial charge in [-0.3, -0.25) is 4.79 Å². The molecule has 0 unspecified atom stereocenters. The summed E-state index contributed by atoms with van der Waals surface area (Å²) in [7, 11) is 3.67. The number of carbonyl (C=O) groups is 1. The normalized spacial score (nSPS) is 9.65. The van der Waals surface area contributed by atoms with Gasteiger partial charge in [0.15, 0.2) is 0 Å². The van der Waals surface area contributed by atoms with Crippen molar-refractivity contribution in [3.05, 3.63) is 32.7 Å². The van der Waals surface area contributed by atoms with Crippen molar-refractivity contribution in [3.8, 4) is 0 Å². The molecule has 0 fully saturated rings. The molecule has 0 aliphatic rings. The van der Waals surface area contributed by atoms with Crippen LogP contribution in [0.5, 0.6) is 0 Å². The van der Waals surface area contributed by atoms with Gasteiger partial charge in [-0.2, -0.15) is 0 Å². The van der Waals surface area contributed by atoms with Crippen LogP contribution in [0.4, 0.5) is 0 Å². The van der Waals surface area contributed by atoms with Crippen molar-refractivity contribution in [1.29, 1.82) is 0 Å². The molecule has 0 atom stereocenters. The third-order valence-electron chi connectivity index (χ3n) is 2.21. The van der Waals surface area contributed by atoms with Crippen molar-refractivity contribution in [2.75, 3.05) is 27.2 Å². The zero-order chi connectivity index (χ0) is 12.1. The number of likely N-dealkylation sites (N-methyl/N-ethyl adjacent to an activating group) is 2. The molecule has 1 N–H and O–H groups in total. The molecule has 1 amide bonds. The van der Waals surface area contributed by atoms with Gasteiger partial charge < -0.3 is 10.2 Å². The summed E-state index contributed by atoms with van der Waals surface area (Å²) in [6.07, 6.45) is 0. The molecular formula is C11H15Br2ClN2O. The molecule has 0 bridgehead atoms. The monoisotopic (exact) mass is 384 g/mol. The minimum Gasteiger partial charge on any atom is -0.340 e. The molecule has 17 heavy (non-hydrogen) atoms. The van der Waals surface area contributed by atoms with Crippen LogP contribution in [-0.2, 0) is 0 Å². The molecule has 96 valence electrons. The van der Waals surface area contributed by atoms with Gasteiger partial charge in [-0.05, 0) is 41.2 Å². The van der Waals surface area contributed by atoms with E-state index in [1.807, 2.05) is 25.2 Å². The van der Waals surface area contributed by atoms with Gasteiger partial charge in [-0.1, -0.05) is 15.9 Å². The van der Waals surface area contributed by atoms with Crippen molar-refractivity contribution < 1.29 is 4.79 Å². The maximum atomic E-state index is 12.0. The topological polar surface area (TPSA) is 32.3 Å². The minimum atomic E-state index is 0. The number of nitrogens with one attached hydrogen (secondary N) is 1. The van der Waals surface area contributed by atoms with Crippen LogP contribution in [0.3, 0.4) is 0 Å². The Hall–Kier alpha value is -0.100. The van der Waals surface area contributed by atoms with E-state index < -0.39 is 0 Å². The van der Waals surface area contributed by atoms with Crippen molar-refractivity contribution in [3.63, 3.8) is 0 Å². The average molecular weight is 387 g/mol. The second kappa shape index (κ2) is 8.08. The van der Waals surface area contributed by atoms with Gasteiger partial charge in [-0.25, -0.2) is 0 Å². The number of hydrogen-bond acceptors (Lipinski definition) is 2. The molecule has 0 spiro atoms. The number of halogens is 3. The highest BCUT2D eigenvalue weighted by Crippen LogP contribution is 2.22. The molecule has 0 saturated heterocycles. The number of rotatable bonds is 4. The number of hydrogen-bond donors (Lipinski definition) is 1. The first-order valence-corrected chi connectivity index (χ1v) is 6.50. The van der Waals surface area contributed by atoms with Crippen LogP contribution in [0.15, 0.2) is 27.1 Å². The Kier molecular flexibility index (Phi) is 8.03. The largest absolute Gasteiger partial charge is 0.340 e. The fourth-order valence-electron chi connectivity index (χ4n) is 1.25. The summed E-state index contributed by atoms with van der Waals surface area (Å²) in [5.41, 5.74) is 0.682. The predicted octanol–water partition coefficient (Wildman–Crippen LogP) is 2.92. The van der Waals surface area contributed by atoms with Gasteiger partial charge in [0.2, 0.25) is 0 Å². The fourth-order valence-corrected chi connectivity index (χ4v) is 2.47. The van der Waals surface area contributed by atoms with E-state index in [-0.39, 0.29) is 18.3 Å². The molecular weight excluding hydrogens is 371 g/mol. The Bertz CT molecular complexity index is 388. The number of amides is 1. The van der Waals surface area contributed by atoms with Crippen LogP contribution in [0, 0.1) is 0 Å². The van der Waals surface area contributed by atoms with Crippen LogP contribution in [0.25, 0.3) is 0 Å². The van der Waals surface area contributed by atoms with Crippen LogP contribution in [0.1, 0.15) is 10.4 Å². The van der Waals surface area contributed by atoms with E-state index in [0.29, 0.717) is 12.1 Å². The number of benzene rings is 1. The van der Waals surface area contributed by atoms with Crippen molar-refractivity contribution in [1.82, 2.24) is 10.2 Å². The fraction of sp³-hybridized carbons (Fsp3) is 0.364. The predicted molar refractivity (Wildman–Crippen MR) is 80.0 cm³/mol. The summed E-state index contributed by atoms with van der Waals surface area (Å²) in [6.45, 7) is 1.48. The zero-order valence-corrected chi connectivity index (χ0v) is 13.7. The first kappa shape index (κ1) is 16.9. The SMILES string of the molecule is CNCCN(C)C(=O)c1ccc(Br)cc1Br.Cl. The highest BCUT2D eigenvalue weighted by Gasteiger charge is 2.14. The quantitative estimate of drug-likeness (QED) is 0.863. The molecule has 0 saturated carbocycles. The molecule has 1 aromatic rings. The first-order chi connectivity index (χ1) is 7.56. The molecule has 3 nitrogen and oxygen atoms in total. The molecule has 0 aliphatic carbocycles. The Morgan fingerprint density at radius 2 is 2.06 bits per heavy atom. The number of nitrogens with zero attached hydrogens (tertiary/aromatic N) is 1. The minimum absolute atomic E-state index is 0. The van der Waals surface area contributed by atoms with Gasteiger partial charge in [0.25, 0.3) is 5.91 Å². The highest BCUT2D eigenvalue weighted by atomic mass is 79.9. The lowest BCUT2D eigenvalue weighted by atomic mass is 10.2. The van der Waals surface area contributed by atoms with Gasteiger partial charge in [0, 0.05) is 29.1 Å². The average Bonchev–Trinajstić information content (AvgIpc) is 2.25.